The third-order valence-corrected chi connectivity index (χ3v) is 5.05. The van der Waals surface area contributed by atoms with Crippen LogP contribution in [0.15, 0.2) is 40.8 Å². The molecule has 32 heavy (non-hydrogen) atoms. The number of nitrogens with one attached hydrogen (secondary N) is 1. The summed E-state index contributed by atoms with van der Waals surface area (Å²) in [4.78, 5) is 16.8. The first-order valence-corrected chi connectivity index (χ1v) is 9.40. The average molecular weight is 444 g/mol. The van der Waals surface area contributed by atoms with E-state index in [1.807, 2.05) is 32.0 Å². The van der Waals surface area contributed by atoms with Gasteiger partial charge in [0.15, 0.2) is 23.0 Å². The molecule has 0 atom stereocenters. The van der Waals surface area contributed by atoms with Gasteiger partial charge >= 0.3 is 0 Å². The zero-order valence-electron chi connectivity index (χ0n) is 17.1. The number of amides is 1. The Balaban J connectivity index is 1.67. The number of hydrogen-bond acceptors (Lipinski definition) is 4. The van der Waals surface area contributed by atoms with Gasteiger partial charge in [-0.2, -0.15) is 8.78 Å². The topological polar surface area (TPSA) is 64.4 Å². The molecule has 4 rings (SSSR count). The number of ether oxygens (including phenoxy) is 1. The van der Waals surface area contributed by atoms with E-state index in [2.05, 4.69) is 15.0 Å². The summed E-state index contributed by atoms with van der Waals surface area (Å²) in [6.45, 7) is 3.94. The predicted molar refractivity (Wildman–Crippen MR) is 110 cm³/mol. The molecule has 0 saturated heterocycles. The lowest BCUT2D eigenvalue weighted by atomic mass is 10.1. The maximum atomic E-state index is 14.2. The molecule has 0 aliphatic rings. The summed E-state index contributed by atoms with van der Waals surface area (Å²) in [6, 6.07) is 10.0. The fourth-order valence-electron chi connectivity index (χ4n) is 3.19. The van der Waals surface area contributed by atoms with Crippen molar-refractivity contribution in [3.05, 3.63) is 76.4 Å². The SMILES string of the molecule is COc1c(F)c(F)c(C(=O)Nc2ccc3oc(-c4ccc(C)c(C)c4)nc3c2)c(F)c1F. The molecule has 0 aliphatic heterocycles. The van der Waals surface area contributed by atoms with E-state index in [0.29, 0.717) is 17.0 Å². The average Bonchev–Trinajstić information content (AvgIpc) is 3.18. The van der Waals surface area contributed by atoms with E-state index in [1.54, 1.807) is 0 Å². The number of anilines is 1. The monoisotopic (exact) mass is 444 g/mol. The highest BCUT2D eigenvalue weighted by atomic mass is 19.2. The number of fused-ring (bicyclic) bond motifs is 1. The van der Waals surface area contributed by atoms with Crippen LogP contribution in [0.1, 0.15) is 21.5 Å². The molecule has 0 unspecified atom stereocenters. The number of rotatable bonds is 4. The zero-order valence-corrected chi connectivity index (χ0v) is 17.1. The Morgan fingerprint density at radius 2 is 1.62 bits per heavy atom. The van der Waals surface area contributed by atoms with Crippen molar-refractivity contribution in [3.63, 3.8) is 0 Å². The molecule has 164 valence electrons. The molecule has 4 aromatic rings. The number of carbonyl (C=O) groups is 1. The summed E-state index contributed by atoms with van der Waals surface area (Å²) in [5, 5.41) is 2.21. The Morgan fingerprint density at radius 1 is 0.938 bits per heavy atom. The van der Waals surface area contributed by atoms with Gasteiger partial charge in [0, 0.05) is 11.3 Å². The van der Waals surface area contributed by atoms with Gasteiger partial charge in [0.05, 0.1) is 7.11 Å². The summed E-state index contributed by atoms with van der Waals surface area (Å²) in [5.41, 5.74) is 2.39. The number of hydrogen-bond donors (Lipinski definition) is 1. The lowest BCUT2D eigenvalue weighted by Gasteiger charge is -2.11. The van der Waals surface area contributed by atoms with E-state index in [4.69, 9.17) is 4.42 Å². The number of benzene rings is 3. The molecule has 0 spiro atoms. The highest BCUT2D eigenvalue weighted by molar-refractivity contribution is 6.05. The third kappa shape index (κ3) is 3.55. The number of oxazole rings is 1. The van der Waals surface area contributed by atoms with E-state index in [0.717, 1.165) is 23.8 Å². The lowest BCUT2D eigenvalue weighted by Crippen LogP contribution is -2.18. The van der Waals surface area contributed by atoms with Crippen molar-refractivity contribution in [1.29, 1.82) is 0 Å². The Kier molecular flexibility index (Phi) is 5.33. The Labute approximate surface area is 179 Å². The van der Waals surface area contributed by atoms with Crippen LogP contribution in [0.5, 0.6) is 5.75 Å². The molecule has 0 aliphatic carbocycles. The maximum absolute atomic E-state index is 14.2. The van der Waals surface area contributed by atoms with Crippen LogP contribution in [0.4, 0.5) is 23.2 Å². The number of halogens is 4. The molecule has 9 heteroatoms. The van der Waals surface area contributed by atoms with E-state index < -0.39 is 40.5 Å². The highest BCUT2D eigenvalue weighted by Crippen LogP contribution is 2.31. The molecule has 3 aromatic carbocycles. The van der Waals surface area contributed by atoms with Crippen LogP contribution in [-0.4, -0.2) is 18.0 Å². The first kappa shape index (κ1) is 21.4. The molecule has 1 aromatic heterocycles. The van der Waals surface area contributed by atoms with Crippen LogP contribution in [-0.2, 0) is 0 Å². The molecule has 0 radical (unpaired) electrons. The van der Waals surface area contributed by atoms with Gasteiger partial charge in [-0.1, -0.05) is 6.07 Å². The van der Waals surface area contributed by atoms with E-state index >= 15 is 0 Å². The molecule has 0 bridgehead atoms. The lowest BCUT2D eigenvalue weighted by molar-refractivity contribution is 0.101. The van der Waals surface area contributed by atoms with E-state index in [9.17, 15) is 22.4 Å². The molecule has 5 nitrogen and oxygen atoms in total. The molecule has 0 fully saturated rings. The fourth-order valence-corrected chi connectivity index (χ4v) is 3.19. The first-order chi connectivity index (χ1) is 15.2. The van der Waals surface area contributed by atoms with Crippen molar-refractivity contribution in [1.82, 2.24) is 4.98 Å². The van der Waals surface area contributed by atoms with Crippen molar-refractivity contribution < 1.29 is 31.5 Å². The van der Waals surface area contributed by atoms with Crippen LogP contribution >= 0.6 is 0 Å². The smallest absolute Gasteiger partial charge is 0.261 e. The molecular weight excluding hydrogens is 428 g/mol. The molecule has 1 N–H and O–H groups in total. The second-order valence-corrected chi connectivity index (χ2v) is 7.12. The van der Waals surface area contributed by atoms with Crippen molar-refractivity contribution in [2.75, 3.05) is 12.4 Å². The van der Waals surface area contributed by atoms with Crippen molar-refractivity contribution in [2.24, 2.45) is 0 Å². The summed E-state index contributed by atoms with van der Waals surface area (Å²) in [6.07, 6.45) is 0. The summed E-state index contributed by atoms with van der Waals surface area (Å²) in [7, 11) is 0.847. The van der Waals surface area contributed by atoms with Crippen molar-refractivity contribution in [3.8, 4) is 17.2 Å². The Bertz CT molecular complexity index is 1350. The quantitative estimate of drug-likeness (QED) is 0.313. The second-order valence-electron chi connectivity index (χ2n) is 7.12. The number of carbonyl (C=O) groups excluding carboxylic acids is 1. The standard InChI is InChI=1S/C23H16F4N2O3/c1-10-4-5-12(8-11(10)2)23-29-14-9-13(6-7-15(14)32-23)28-22(30)16-17(24)19(26)21(31-3)20(27)18(16)25/h4-9H,1-3H3,(H,28,30). The normalized spacial score (nSPS) is 11.1. The van der Waals surface area contributed by atoms with Gasteiger partial charge in [-0.25, -0.2) is 13.8 Å². The fraction of sp³-hybridized carbons (Fsp3) is 0.130. The minimum Gasteiger partial charge on any atom is -0.491 e. The van der Waals surface area contributed by atoms with Crippen molar-refractivity contribution >= 4 is 22.7 Å². The van der Waals surface area contributed by atoms with Gasteiger partial charge in [0.2, 0.25) is 17.5 Å². The zero-order chi connectivity index (χ0) is 23.2. The summed E-state index contributed by atoms with van der Waals surface area (Å²) >= 11 is 0. The van der Waals surface area contributed by atoms with Gasteiger partial charge in [0.1, 0.15) is 11.1 Å². The van der Waals surface area contributed by atoms with Gasteiger partial charge in [-0.05, 0) is 55.3 Å². The third-order valence-electron chi connectivity index (χ3n) is 5.05. The Morgan fingerprint density at radius 3 is 2.25 bits per heavy atom. The van der Waals surface area contributed by atoms with Crippen LogP contribution in [0, 0.1) is 37.1 Å². The van der Waals surface area contributed by atoms with Gasteiger partial charge in [0.25, 0.3) is 5.91 Å². The van der Waals surface area contributed by atoms with Crippen LogP contribution in [0.25, 0.3) is 22.6 Å². The molecule has 1 heterocycles. The molecule has 0 saturated carbocycles. The maximum Gasteiger partial charge on any atom is 0.261 e. The second kappa shape index (κ2) is 7.99. The van der Waals surface area contributed by atoms with Gasteiger partial charge in [-0.3, -0.25) is 4.79 Å². The van der Waals surface area contributed by atoms with Crippen LogP contribution in [0.3, 0.4) is 0 Å². The predicted octanol–water partition coefficient (Wildman–Crippen LogP) is 5.93. The minimum atomic E-state index is -1.86. The number of aryl methyl sites for hydroxylation is 2. The largest absolute Gasteiger partial charge is 0.491 e. The van der Waals surface area contributed by atoms with Crippen LogP contribution < -0.4 is 10.1 Å². The molecule has 1 amide bonds. The number of methoxy groups -OCH3 is 1. The number of nitrogens with zero attached hydrogens (tertiary/aromatic N) is 1. The van der Waals surface area contributed by atoms with Crippen molar-refractivity contribution in [2.45, 2.75) is 13.8 Å². The van der Waals surface area contributed by atoms with Gasteiger partial charge in [-0.15, -0.1) is 0 Å². The van der Waals surface area contributed by atoms with Gasteiger partial charge < -0.3 is 14.5 Å². The first-order valence-electron chi connectivity index (χ1n) is 9.40. The summed E-state index contributed by atoms with van der Waals surface area (Å²) < 4.78 is 66.3. The summed E-state index contributed by atoms with van der Waals surface area (Å²) in [5.74, 6) is -9.61. The molecular formula is C23H16F4N2O3. The minimum absolute atomic E-state index is 0.0953. The van der Waals surface area contributed by atoms with Crippen LogP contribution in [0.2, 0.25) is 0 Å². The highest BCUT2D eigenvalue weighted by Gasteiger charge is 2.30. The van der Waals surface area contributed by atoms with E-state index in [-0.39, 0.29) is 5.69 Å². The van der Waals surface area contributed by atoms with E-state index in [1.165, 1.54) is 18.2 Å². The number of aromatic nitrogens is 1. The Hall–Kier alpha value is -3.88.